The maximum atomic E-state index is 13.0. The Kier molecular flexibility index (Phi) is 5.44. The number of methoxy groups -OCH3 is 1. The van der Waals surface area contributed by atoms with Crippen LogP contribution < -0.4 is 19.7 Å². The van der Waals surface area contributed by atoms with E-state index in [1.165, 1.54) is 13.2 Å². The van der Waals surface area contributed by atoms with Crippen molar-refractivity contribution in [2.75, 3.05) is 18.6 Å². The third kappa shape index (κ3) is 3.59. The number of para-hydroxylation sites is 1. The zero-order valence-corrected chi connectivity index (χ0v) is 15.8. The predicted octanol–water partition coefficient (Wildman–Crippen LogP) is 3.07. The van der Waals surface area contributed by atoms with E-state index in [1.807, 2.05) is 6.92 Å². The van der Waals surface area contributed by atoms with Gasteiger partial charge in [-0.05, 0) is 49.2 Å². The molecular formula is C21H20N2O5. The SMILES string of the molecule is CCOc1cc(/C=C2\C(=O)NC(=O)N(c3ccccc3C)C2=O)ccc1OC. The largest absolute Gasteiger partial charge is 0.493 e. The third-order valence-electron chi connectivity index (χ3n) is 4.26. The second-order valence-corrected chi connectivity index (χ2v) is 6.09. The molecule has 1 heterocycles. The fourth-order valence-corrected chi connectivity index (χ4v) is 2.91. The lowest BCUT2D eigenvalue weighted by Crippen LogP contribution is -2.54. The fraction of sp³-hybridized carbons (Fsp3) is 0.190. The number of hydrogen-bond acceptors (Lipinski definition) is 5. The van der Waals surface area contributed by atoms with E-state index in [0.717, 1.165) is 10.5 Å². The van der Waals surface area contributed by atoms with Crippen LogP contribution in [0.2, 0.25) is 0 Å². The summed E-state index contributed by atoms with van der Waals surface area (Å²) in [7, 11) is 1.53. The van der Waals surface area contributed by atoms with Crippen molar-refractivity contribution in [1.29, 1.82) is 0 Å². The van der Waals surface area contributed by atoms with Gasteiger partial charge in [-0.2, -0.15) is 0 Å². The molecular weight excluding hydrogens is 360 g/mol. The Morgan fingerprint density at radius 1 is 1.07 bits per heavy atom. The number of hydrogen-bond donors (Lipinski definition) is 1. The Bertz CT molecular complexity index is 981. The molecule has 0 aliphatic carbocycles. The number of carbonyl (C=O) groups is 3. The quantitative estimate of drug-likeness (QED) is 0.637. The van der Waals surface area contributed by atoms with Crippen molar-refractivity contribution in [1.82, 2.24) is 5.32 Å². The van der Waals surface area contributed by atoms with Gasteiger partial charge in [0.2, 0.25) is 0 Å². The lowest BCUT2D eigenvalue weighted by Gasteiger charge is -2.27. The van der Waals surface area contributed by atoms with Crippen molar-refractivity contribution in [2.45, 2.75) is 13.8 Å². The maximum Gasteiger partial charge on any atom is 0.335 e. The first-order chi connectivity index (χ1) is 13.5. The number of imide groups is 2. The number of urea groups is 1. The van der Waals surface area contributed by atoms with Gasteiger partial charge in [-0.15, -0.1) is 0 Å². The standard InChI is InChI=1S/C21H20N2O5/c1-4-28-18-12-14(9-10-17(18)27-3)11-15-19(24)22-21(26)23(20(15)25)16-8-6-5-7-13(16)2/h5-12H,4H2,1-3H3,(H,22,24,26)/b15-11+. The highest BCUT2D eigenvalue weighted by Crippen LogP contribution is 2.30. The summed E-state index contributed by atoms with van der Waals surface area (Å²) in [5, 5.41) is 2.22. The first kappa shape index (κ1) is 19.2. The Morgan fingerprint density at radius 3 is 2.50 bits per heavy atom. The number of nitrogens with zero attached hydrogens (tertiary/aromatic N) is 1. The molecule has 0 bridgehead atoms. The number of rotatable bonds is 5. The summed E-state index contributed by atoms with van der Waals surface area (Å²) in [5.41, 5.74) is 1.59. The molecule has 0 unspecified atom stereocenters. The molecule has 0 spiro atoms. The maximum absolute atomic E-state index is 13.0. The highest BCUT2D eigenvalue weighted by atomic mass is 16.5. The van der Waals surface area contributed by atoms with Gasteiger partial charge in [-0.3, -0.25) is 14.9 Å². The number of carbonyl (C=O) groups excluding carboxylic acids is 3. The van der Waals surface area contributed by atoms with Gasteiger partial charge in [0.15, 0.2) is 11.5 Å². The molecule has 7 heteroatoms. The number of amides is 4. The van der Waals surface area contributed by atoms with Gasteiger partial charge < -0.3 is 9.47 Å². The number of nitrogens with one attached hydrogen (secondary N) is 1. The first-order valence-corrected chi connectivity index (χ1v) is 8.74. The summed E-state index contributed by atoms with van der Waals surface area (Å²) in [6.07, 6.45) is 1.43. The van der Waals surface area contributed by atoms with Crippen LogP contribution >= 0.6 is 0 Å². The van der Waals surface area contributed by atoms with Crippen LogP contribution in [-0.2, 0) is 9.59 Å². The molecule has 1 N–H and O–H groups in total. The van der Waals surface area contributed by atoms with E-state index in [0.29, 0.717) is 29.4 Å². The van der Waals surface area contributed by atoms with Gasteiger partial charge >= 0.3 is 6.03 Å². The minimum Gasteiger partial charge on any atom is -0.493 e. The number of aryl methyl sites for hydroxylation is 1. The van der Waals surface area contributed by atoms with Gasteiger partial charge in [-0.1, -0.05) is 24.3 Å². The van der Waals surface area contributed by atoms with E-state index in [4.69, 9.17) is 9.47 Å². The van der Waals surface area contributed by atoms with Gasteiger partial charge in [0.25, 0.3) is 11.8 Å². The third-order valence-corrected chi connectivity index (χ3v) is 4.26. The average molecular weight is 380 g/mol. The molecule has 0 radical (unpaired) electrons. The molecule has 7 nitrogen and oxygen atoms in total. The topological polar surface area (TPSA) is 84.9 Å². The van der Waals surface area contributed by atoms with Crippen LogP contribution in [0.3, 0.4) is 0 Å². The van der Waals surface area contributed by atoms with E-state index in [1.54, 1.807) is 49.4 Å². The molecule has 1 saturated heterocycles. The van der Waals surface area contributed by atoms with Crippen molar-refractivity contribution < 1.29 is 23.9 Å². The monoisotopic (exact) mass is 380 g/mol. The summed E-state index contributed by atoms with van der Waals surface area (Å²) in [5.74, 6) is -0.388. The number of anilines is 1. The summed E-state index contributed by atoms with van der Waals surface area (Å²) in [6, 6.07) is 11.3. The Balaban J connectivity index is 2.02. The lowest BCUT2D eigenvalue weighted by molar-refractivity contribution is -0.122. The highest BCUT2D eigenvalue weighted by molar-refractivity contribution is 6.39. The zero-order valence-electron chi connectivity index (χ0n) is 15.8. The molecule has 2 aromatic rings. The Hall–Kier alpha value is -3.61. The van der Waals surface area contributed by atoms with Crippen LogP contribution in [0.5, 0.6) is 11.5 Å². The van der Waals surface area contributed by atoms with Gasteiger partial charge in [-0.25, -0.2) is 9.69 Å². The molecule has 144 valence electrons. The lowest BCUT2D eigenvalue weighted by atomic mass is 10.1. The second kappa shape index (κ2) is 7.96. The van der Waals surface area contributed by atoms with Gasteiger partial charge in [0.1, 0.15) is 5.57 Å². The van der Waals surface area contributed by atoms with Crippen molar-refractivity contribution in [3.05, 3.63) is 59.2 Å². The normalized spacial score (nSPS) is 15.6. The average Bonchev–Trinajstić information content (AvgIpc) is 2.67. The molecule has 0 saturated carbocycles. The fourth-order valence-electron chi connectivity index (χ4n) is 2.91. The van der Waals surface area contributed by atoms with Crippen LogP contribution in [0, 0.1) is 6.92 Å². The van der Waals surface area contributed by atoms with Crippen LogP contribution in [0.1, 0.15) is 18.1 Å². The summed E-state index contributed by atoms with van der Waals surface area (Å²) >= 11 is 0. The molecule has 3 rings (SSSR count). The van der Waals surface area contributed by atoms with E-state index in [9.17, 15) is 14.4 Å². The van der Waals surface area contributed by atoms with E-state index < -0.39 is 17.8 Å². The molecule has 28 heavy (non-hydrogen) atoms. The van der Waals surface area contributed by atoms with Crippen molar-refractivity contribution in [3.63, 3.8) is 0 Å². The molecule has 0 aromatic heterocycles. The second-order valence-electron chi connectivity index (χ2n) is 6.09. The summed E-state index contributed by atoms with van der Waals surface area (Å²) in [6.45, 7) is 4.06. The molecule has 1 aliphatic rings. The smallest absolute Gasteiger partial charge is 0.335 e. The molecule has 0 atom stereocenters. The summed E-state index contributed by atoms with van der Waals surface area (Å²) in [4.78, 5) is 38.5. The minimum atomic E-state index is -0.772. The highest BCUT2D eigenvalue weighted by Gasteiger charge is 2.37. The van der Waals surface area contributed by atoms with E-state index in [-0.39, 0.29) is 5.57 Å². The van der Waals surface area contributed by atoms with Gasteiger partial charge in [0.05, 0.1) is 19.4 Å². The van der Waals surface area contributed by atoms with Crippen molar-refractivity contribution in [3.8, 4) is 11.5 Å². The Labute approximate surface area is 162 Å². The van der Waals surface area contributed by atoms with Crippen molar-refractivity contribution >= 4 is 29.6 Å². The van der Waals surface area contributed by atoms with Crippen molar-refractivity contribution in [2.24, 2.45) is 0 Å². The number of ether oxygens (including phenoxy) is 2. The van der Waals surface area contributed by atoms with Crippen LogP contribution in [0.25, 0.3) is 6.08 Å². The first-order valence-electron chi connectivity index (χ1n) is 8.74. The predicted molar refractivity (Wildman–Crippen MR) is 104 cm³/mol. The van der Waals surface area contributed by atoms with Crippen LogP contribution in [0.15, 0.2) is 48.0 Å². The number of barbiturate groups is 1. The minimum absolute atomic E-state index is 0.143. The van der Waals surface area contributed by atoms with E-state index >= 15 is 0 Å². The Morgan fingerprint density at radius 2 is 1.82 bits per heavy atom. The molecule has 1 aliphatic heterocycles. The molecule has 2 aromatic carbocycles. The number of benzene rings is 2. The van der Waals surface area contributed by atoms with Gasteiger partial charge in [0, 0.05) is 0 Å². The molecule has 4 amide bonds. The summed E-state index contributed by atoms with van der Waals surface area (Å²) < 4.78 is 10.8. The zero-order chi connectivity index (χ0) is 20.3. The van der Waals surface area contributed by atoms with E-state index in [2.05, 4.69) is 5.32 Å². The van der Waals surface area contributed by atoms with Crippen LogP contribution in [0.4, 0.5) is 10.5 Å². The molecule has 1 fully saturated rings. The van der Waals surface area contributed by atoms with Crippen LogP contribution in [-0.4, -0.2) is 31.6 Å².